The Morgan fingerprint density at radius 2 is 1.45 bits per heavy atom. The molecule has 164 valence electrons. The highest BCUT2D eigenvalue weighted by molar-refractivity contribution is 5.79. The quantitative estimate of drug-likeness (QED) is 0.389. The molecular formula is C19H15F6N5O. The maximum Gasteiger partial charge on any atom is 0.416 e. The molecule has 0 aliphatic carbocycles. The molecule has 0 unspecified atom stereocenters. The second kappa shape index (κ2) is 7.93. The van der Waals surface area contributed by atoms with Gasteiger partial charge in [-0.1, -0.05) is 0 Å². The first-order valence-electron chi connectivity index (χ1n) is 8.58. The average Bonchev–Trinajstić information content (AvgIpc) is 2.99. The summed E-state index contributed by atoms with van der Waals surface area (Å²) >= 11 is 0. The molecule has 0 amide bonds. The summed E-state index contributed by atoms with van der Waals surface area (Å²) in [5, 5.41) is 11.6. The second-order valence-corrected chi connectivity index (χ2v) is 6.40. The lowest BCUT2D eigenvalue weighted by molar-refractivity contribution is -0.143. The van der Waals surface area contributed by atoms with E-state index in [1.54, 1.807) is 24.3 Å². The van der Waals surface area contributed by atoms with Gasteiger partial charge in [-0.15, -0.1) is 5.11 Å². The molecule has 0 aliphatic rings. The first kappa shape index (κ1) is 22.1. The molecule has 3 rings (SSSR count). The van der Waals surface area contributed by atoms with Crippen molar-refractivity contribution in [3.8, 4) is 17.0 Å². The number of rotatable bonds is 4. The summed E-state index contributed by atoms with van der Waals surface area (Å²) in [6, 6.07) is 7.53. The van der Waals surface area contributed by atoms with Crippen LogP contribution in [0.4, 0.5) is 43.5 Å². The molecule has 6 nitrogen and oxygen atoms in total. The SMILES string of the molecule is COc1ccc(-c2nn(C)c(N)c2N=Nc2cc(C(F)(F)F)cc(C(F)(F)F)c2)cc1. The summed E-state index contributed by atoms with van der Waals surface area (Å²) in [6.45, 7) is 0. The van der Waals surface area contributed by atoms with E-state index in [0.29, 0.717) is 23.4 Å². The number of aromatic nitrogens is 2. The monoisotopic (exact) mass is 443 g/mol. The van der Waals surface area contributed by atoms with Crippen molar-refractivity contribution in [3.05, 3.63) is 53.6 Å². The summed E-state index contributed by atoms with van der Waals surface area (Å²) in [5.74, 6) is 0.595. The number of aryl methyl sites for hydroxylation is 1. The summed E-state index contributed by atoms with van der Waals surface area (Å²) in [4.78, 5) is 0. The topological polar surface area (TPSA) is 77.8 Å². The lowest BCUT2D eigenvalue weighted by atomic mass is 10.1. The number of hydrogen-bond acceptors (Lipinski definition) is 5. The highest BCUT2D eigenvalue weighted by atomic mass is 19.4. The van der Waals surface area contributed by atoms with Gasteiger partial charge in [0.2, 0.25) is 0 Å². The number of halogens is 6. The third-order valence-electron chi connectivity index (χ3n) is 4.27. The Labute approximate surface area is 172 Å². The van der Waals surface area contributed by atoms with Crippen LogP contribution in [0.1, 0.15) is 11.1 Å². The maximum atomic E-state index is 13.0. The number of nitrogens with zero attached hydrogens (tertiary/aromatic N) is 4. The zero-order valence-electron chi connectivity index (χ0n) is 16.1. The van der Waals surface area contributed by atoms with Crippen LogP contribution in [0.5, 0.6) is 5.75 Å². The fraction of sp³-hybridized carbons (Fsp3) is 0.211. The summed E-state index contributed by atoms with van der Waals surface area (Å²) in [7, 11) is 2.99. The van der Waals surface area contributed by atoms with Crippen LogP contribution in [0, 0.1) is 0 Å². The zero-order chi connectivity index (χ0) is 23.0. The molecule has 2 N–H and O–H groups in total. The van der Waals surface area contributed by atoms with E-state index >= 15 is 0 Å². The van der Waals surface area contributed by atoms with E-state index in [0.717, 1.165) is 0 Å². The van der Waals surface area contributed by atoms with E-state index in [1.807, 2.05) is 0 Å². The lowest BCUT2D eigenvalue weighted by Crippen LogP contribution is -2.10. The predicted octanol–water partition coefficient (Wildman–Crippen LogP) is 6.13. The number of nitrogens with two attached hydrogens (primary N) is 1. The van der Waals surface area contributed by atoms with Crippen LogP contribution in [-0.4, -0.2) is 16.9 Å². The van der Waals surface area contributed by atoms with Crippen molar-refractivity contribution >= 4 is 17.2 Å². The van der Waals surface area contributed by atoms with Gasteiger partial charge >= 0.3 is 12.4 Å². The number of ether oxygens (including phenoxy) is 1. The van der Waals surface area contributed by atoms with Crippen LogP contribution in [-0.2, 0) is 19.4 Å². The fourth-order valence-electron chi connectivity index (χ4n) is 2.67. The van der Waals surface area contributed by atoms with Gasteiger partial charge in [0.15, 0.2) is 5.69 Å². The molecular weight excluding hydrogens is 428 g/mol. The number of benzene rings is 2. The third-order valence-corrected chi connectivity index (χ3v) is 4.27. The summed E-state index contributed by atoms with van der Waals surface area (Å²) in [6.07, 6.45) is -9.99. The molecule has 0 bridgehead atoms. The van der Waals surface area contributed by atoms with Crippen LogP contribution in [0.3, 0.4) is 0 Å². The molecule has 0 spiro atoms. The smallest absolute Gasteiger partial charge is 0.416 e. The van der Waals surface area contributed by atoms with Gasteiger partial charge in [0, 0.05) is 12.6 Å². The highest BCUT2D eigenvalue weighted by Gasteiger charge is 2.37. The largest absolute Gasteiger partial charge is 0.497 e. The number of hydrogen-bond donors (Lipinski definition) is 1. The van der Waals surface area contributed by atoms with E-state index in [-0.39, 0.29) is 23.3 Å². The molecule has 1 aromatic heterocycles. The minimum Gasteiger partial charge on any atom is -0.497 e. The fourth-order valence-corrected chi connectivity index (χ4v) is 2.67. The van der Waals surface area contributed by atoms with Crippen molar-refractivity contribution in [2.45, 2.75) is 12.4 Å². The molecule has 31 heavy (non-hydrogen) atoms. The first-order chi connectivity index (χ1) is 14.4. The van der Waals surface area contributed by atoms with Gasteiger partial charge in [-0.3, -0.25) is 4.68 Å². The summed E-state index contributed by atoms with van der Waals surface area (Å²) in [5.41, 5.74) is 3.09. The Kier molecular flexibility index (Phi) is 5.66. The number of nitrogen functional groups attached to an aromatic ring is 1. The molecule has 0 fully saturated rings. The van der Waals surface area contributed by atoms with Gasteiger partial charge in [-0.2, -0.15) is 36.6 Å². The van der Waals surface area contributed by atoms with E-state index in [1.165, 1.54) is 18.8 Å². The highest BCUT2D eigenvalue weighted by Crippen LogP contribution is 2.40. The third kappa shape index (κ3) is 4.78. The van der Waals surface area contributed by atoms with E-state index < -0.39 is 29.2 Å². The average molecular weight is 443 g/mol. The molecule has 0 aliphatic heterocycles. The zero-order valence-corrected chi connectivity index (χ0v) is 16.1. The molecule has 0 radical (unpaired) electrons. The normalized spacial score (nSPS) is 12.5. The van der Waals surface area contributed by atoms with Gasteiger partial charge in [-0.05, 0) is 42.5 Å². The van der Waals surface area contributed by atoms with Gasteiger partial charge < -0.3 is 10.5 Å². The molecule has 2 aromatic carbocycles. The van der Waals surface area contributed by atoms with Crippen LogP contribution in [0.15, 0.2) is 52.7 Å². The van der Waals surface area contributed by atoms with Crippen molar-refractivity contribution < 1.29 is 31.1 Å². The van der Waals surface area contributed by atoms with E-state index in [2.05, 4.69) is 15.3 Å². The Bertz CT molecular complexity index is 1080. The Balaban J connectivity index is 2.07. The summed E-state index contributed by atoms with van der Waals surface area (Å²) < 4.78 is 84.5. The Hall–Kier alpha value is -3.57. The number of azo groups is 1. The first-order valence-corrected chi connectivity index (χ1v) is 8.58. The van der Waals surface area contributed by atoms with Crippen molar-refractivity contribution in [1.29, 1.82) is 0 Å². The number of alkyl halides is 6. The van der Waals surface area contributed by atoms with Crippen molar-refractivity contribution in [2.75, 3.05) is 12.8 Å². The minimum atomic E-state index is -4.99. The van der Waals surface area contributed by atoms with Crippen molar-refractivity contribution in [3.63, 3.8) is 0 Å². The van der Waals surface area contributed by atoms with Crippen molar-refractivity contribution in [1.82, 2.24) is 9.78 Å². The molecule has 0 atom stereocenters. The molecule has 0 saturated carbocycles. The van der Waals surface area contributed by atoms with E-state index in [9.17, 15) is 26.3 Å². The van der Waals surface area contributed by atoms with Crippen LogP contribution < -0.4 is 10.5 Å². The van der Waals surface area contributed by atoms with Crippen LogP contribution >= 0.6 is 0 Å². The lowest BCUT2D eigenvalue weighted by Gasteiger charge is -2.12. The second-order valence-electron chi connectivity index (χ2n) is 6.40. The van der Waals surface area contributed by atoms with Gasteiger partial charge in [-0.25, -0.2) is 0 Å². The molecule has 0 saturated heterocycles. The number of anilines is 1. The Morgan fingerprint density at radius 3 is 1.94 bits per heavy atom. The van der Waals surface area contributed by atoms with Crippen molar-refractivity contribution in [2.24, 2.45) is 17.3 Å². The number of methoxy groups -OCH3 is 1. The standard InChI is InChI=1S/C19H15F6N5O/c1-30-17(26)16(15(29-30)10-3-5-14(31-2)6-4-10)28-27-13-8-11(18(20,21)22)7-12(9-13)19(23,24)25/h3-9H,26H2,1-2H3. The maximum absolute atomic E-state index is 13.0. The van der Waals surface area contributed by atoms with Gasteiger partial charge in [0.25, 0.3) is 0 Å². The predicted molar refractivity (Wildman–Crippen MR) is 100 cm³/mol. The molecule has 12 heteroatoms. The Morgan fingerprint density at radius 1 is 0.903 bits per heavy atom. The van der Waals surface area contributed by atoms with Crippen LogP contribution in [0.25, 0.3) is 11.3 Å². The van der Waals surface area contributed by atoms with Gasteiger partial charge in [0.1, 0.15) is 17.3 Å². The molecule has 3 aromatic rings. The van der Waals surface area contributed by atoms with Crippen LogP contribution in [0.2, 0.25) is 0 Å². The van der Waals surface area contributed by atoms with Gasteiger partial charge in [0.05, 0.1) is 23.9 Å². The minimum absolute atomic E-state index is 0.00126. The molecule has 1 heterocycles. The van der Waals surface area contributed by atoms with E-state index in [4.69, 9.17) is 10.5 Å².